The fraction of sp³-hybridized carbons (Fsp3) is 0. The third kappa shape index (κ3) is 1.68. The molecule has 4 heteroatoms. The lowest BCUT2D eigenvalue weighted by molar-refractivity contribution is 0.631. The average Bonchev–Trinajstić information content (AvgIpc) is 2.39. The standard InChI is InChI=1S/C14H10FN3/c15-12-4-2-1-3-10(12)11-7-9-8-17-6-5-13(9)18-14(11)16/h1-8H,(H2,16,18). The summed E-state index contributed by atoms with van der Waals surface area (Å²) >= 11 is 0. The summed E-state index contributed by atoms with van der Waals surface area (Å²) in [7, 11) is 0. The molecular weight excluding hydrogens is 229 g/mol. The first-order valence-corrected chi connectivity index (χ1v) is 5.51. The second kappa shape index (κ2) is 4.07. The maximum Gasteiger partial charge on any atom is 0.132 e. The predicted molar refractivity (Wildman–Crippen MR) is 69.3 cm³/mol. The van der Waals surface area contributed by atoms with Crippen LogP contribution in [0.25, 0.3) is 22.0 Å². The quantitative estimate of drug-likeness (QED) is 0.710. The number of benzene rings is 1. The number of rotatable bonds is 1. The number of fused-ring (bicyclic) bond motifs is 1. The number of hydrogen-bond acceptors (Lipinski definition) is 3. The van der Waals surface area contributed by atoms with Crippen LogP contribution in [0.3, 0.4) is 0 Å². The summed E-state index contributed by atoms with van der Waals surface area (Å²) in [5.41, 5.74) is 7.69. The first-order chi connectivity index (χ1) is 8.75. The van der Waals surface area contributed by atoms with Crippen molar-refractivity contribution in [3.8, 4) is 11.1 Å². The number of nitrogens with zero attached hydrogens (tertiary/aromatic N) is 2. The highest BCUT2D eigenvalue weighted by Crippen LogP contribution is 2.29. The minimum Gasteiger partial charge on any atom is -0.383 e. The Labute approximate surface area is 103 Å². The van der Waals surface area contributed by atoms with E-state index in [4.69, 9.17) is 5.73 Å². The zero-order chi connectivity index (χ0) is 12.5. The van der Waals surface area contributed by atoms with Gasteiger partial charge in [0.25, 0.3) is 0 Å². The van der Waals surface area contributed by atoms with E-state index in [1.165, 1.54) is 6.07 Å². The molecule has 0 aliphatic rings. The minimum absolute atomic E-state index is 0.311. The van der Waals surface area contributed by atoms with E-state index in [0.29, 0.717) is 16.9 Å². The molecule has 0 unspecified atom stereocenters. The molecule has 3 aromatic rings. The van der Waals surface area contributed by atoms with Gasteiger partial charge in [0.05, 0.1) is 5.52 Å². The van der Waals surface area contributed by atoms with Gasteiger partial charge in [-0.1, -0.05) is 18.2 Å². The number of nitrogen functional groups attached to an aromatic ring is 1. The van der Waals surface area contributed by atoms with E-state index in [-0.39, 0.29) is 5.82 Å². The predicted octanol–water partition coefficient (Wildman–Crippen LogP) is 3.02. The minimum atomic E-state index is -0.311. The lowest BCUT2D eigenvalue weighted by atomic mass is 10.0. The van der Waals surface area contributed by atoms with E-state index in [2.05, 4.69) is 9.97 Å². The molecular formula is C14H10FN3. The first kappa shape index (κ1) is 10.7. The molecule has 0 bridgehead atoms. The van der Waals surface area contributed by atoms with Crippen molar-refractivity contribution in [1.29, 1.82) is 0 Å². The summed E-state index contributed by atoms with van der Waals surface area (Å²) in [4.78, 5) is 8.29. The Kier molecular flexibility index (Phi) is 2.41. The molecule has 0 aliphatic carbocycles. The summed E-state index contributed by atoms with van der Waals surface area (Å²) in [5.74, 6) is 0.00744. The Balaban J connectivity index is 2.30. The SMILES string of the molecule is Nc1nc2ccncc2cc1-c1ccccc1F. The van der Waals surface area contributed by atoms with Crippen LogP contribution in [0.1, 0.15) is 0 Å². The number of nitrogens with two attached hydrogens (primary N) is 1. The second-order valence-electron chi connectivity index (χ2n) is 3.97. The van der Waals surface area contributed by atoms with Crippen molar-refractivity contribution in [3.05, 3.63) is 54.6 Å². The molecule has 0 spiro atoms. The molecule has 88 valence electrons. The second-order valence-corrected chi connectivity index (χ2v) is 3.97. The number of aromatic nitrogens is 2. The van der Waals surface area contributed by atoms with E-state index >= 15 is 0 Å². The highest BCUT2D eigenvalue weighted by molar-refractivity contribution is 5.88. The van der Waals surface area contributed by atoms with Crippen molar-refractivity contribution < 1.29 is 4.39 Å². The largest absolute Gasteiger partial charge is 0.383 e. The van der Waals surface area contributed by atoms with Crippen LogP contribution >= 0.6 is 0 Å². The van der Waals surface area contributed by atoms with Crippen LogP contribution in [0, 0.1) is 5.82 Å². The molecule has 0 saturated carbocycles. The molecule has 2 heterocycles. The molecule has 3 rings (SSSR count). The van der Waals surface area contributed by atoms with Crippen molar-refractivity contribution >= 4 is 16.7 Å². The molecule has 1 aromatic carbocycles. The summed E-state index contributed by atoms with van der Waals surface area (Å²) < 4.78 is 13.8. The summed E-state index contributed by atoms with van der Waals surface area (Å²) in [6.45, 7) is 0. The number of pyridine rings is 2. The summed E-state index contributed by atoms with van der Waals surface area (Å²) in [5, 5.41) is 0.838. The monoisotopic (exact) mass is 239 g/mol. The van der Waals surface area contributed by atoms with Gasteiger partial charge in [-0.05, 0) is 18.2 Å². The molecule has 0 aliphatic heterocycles. The number of hydrogen-bond donors (Lipinski definition) is 1. The van der Waals surface area contributed by atoms with Crippen LogP contribution in [0.2, 0.25) is 0 Å². The number of anilines is 1. The lowest BCUT2D eigenvalue weighted by Gasteiger charge is -2.07. The van der Waals surface area contributed by atoms with Crippen LogP contribution in [-0.2, 0) is 0 Å². The van der Waals surface area contributed by atoms with E-state index in [0.717, 1.165) is 10.9 Å². The lowest BCUT2D eigenvalue weighted by Crippen LogP contribution is -1.96. The fourth-order valence-electron chi connectivity index (χ4n) is 1.93. The molecule has 2 N–H and O–H groups in total. The molecule has 0 fully saturated rings. The smallest absolute Gasteiger partial charge is 0.132 e. The first-order valence-electron chi connectivity index (χ1n) is 5.51. The van der Waals surface area contributed by atoms with Gasteiger partial charge in [0.1, 0.15) is 11.6 Å². The molecule has 0 radical (unpaired) electrons. The topological polar surface area (TPSA) is 51.8 Å². The maximum atomic E-state index is 13.8. The Morgan fingerprint density at radius 3 is 2.72 bits per heavy atom. The van der Waals surface area contributed by atoms with Gasteiger partial charge < -0.3 is 5.73 Å². The maximum absolute atomic E-state index is 13.8. The fourth-order valence-corrected chi connectivity index (χ4v) is 1.93. The summed E-state index contributed by atoms with van der Waals surface area (Å²) in [6, 6.07) is 10.1. The molecule has 0 atom stereocenters. The van der Waals surface area contributed by atoms with Crippen LogP contribution in [-0.4, -0.2) is 9.97 Å². The molecule has 3 nitrogen and oxygen atoms in total. The van der Waals surface area contributed by atoms with Crippen LogP contribution in [0.5, 0.6) is 0 Å². The van der Waals surface area contributed by atoms with Crippen molar-refractivity contribution in [2.24, 2.45) is 0 Å². The van der Waals surface area contributed by atoms with Crippen LogP contribution < -0.4 is 5.73 Å². The normalized spacial score (nSPS) is 10.7. The molecule has 18 heavy (non-hydrogen) atoms. The van der Waals surface area contributed by atoms with Gasteiger partial charge in [-0.25, -0.2) is 9.37 Å². The average molecular weight is 239 g/mol. The summed E-state index contributed by atoms with van der Waals surface area (Å²) in [6.07, 6.45) is 3.34. The third-order valence-electron chi connectivity index (χ3n) is 2.81. The van der Waals surface area contributed by atoms with Gasteiger partial charge >= 0.3 is 0 Å². The van der Waals surface area contributed by atoms with Crippen LogP contribution in [0.15, 0.2) is 48.8 Å². The Hall–Kier alpha value is -2.49. The van der Waals surface area contributed by atoms with Gasteiger partial charge in [0.15, 0.2) is 0 Å². The van der Waals surface area contributed by atoms with E-state index in [9.17, 15) is 4.39 Å². The zero-order valence-electron chi connectivity index (χ0n) is 9.47. The molecule has 2 aromatic heterocycles. The Morgan fingerprint density at radius 1 is 1.06 bits per heavy atom. The van der Waals surface area contributed by atoms with Crippen molar-refractivity contribution in [3.63, 3.8) is 0 Å². The van der Waals surface area contributed by atoms with E-state index in [1.807, 2.05) is 6.07 Å². The van der Waals surface area contributed by atoms with Gasteiger partial charge in [0.2, 0.25) is 0 Å². The van der Waals surface area contributed by atoms with Crippen molar-refractivity contribution in [1.82, 2.24) is 9.97 Å². The van der Waals surface area contributed by atoms with E-state index < -0.39 is 0 Å². The van der Waals surface area contributed by atoms with Gasteiger partial charge in [-0.2, -0.15) is 0 Å². The van der Waals surface area contributed by atoms with Crippen LogP contribution in [0.4, 0.5) is 10.2 Å². The van der Waals surface area contributed by atoms with Gasteiger partial charge in [-0.3, -0.25) is 4.98 Å². The molecule has 0 amide bonds. The highest BCUT2D eigenvalue weighted by atomic mass is 19.1. The number of halogens is 1. The molecule has 0 saturated heterocycles. The highest BCUT2D eigenvalue weighted by Gasteiger charge is 2.10. The third-order valence-corrected chi connectivity index (χ3v) is 2.81. The van der Waals surface area contributed by atoms with E-state index in [1.54, 1.807) is 36.7 Å². The van der Waals surface area contributed by atoms with Crippen molar-refractivity contribution in [2.45, 2.75) is 0 Å². The zero-order valence-corrected chi connectivity index (χ0v) is 9.47. The Bertz CT molecular complexity index is 725. The van der Waals surface area contributed by atoms with Gasteiger partial charge in [0, 0.05) is 28.9 Å². The van der Waals surface area contributed by atoms with Gasteiger partial charge in [-0.15, -0.1) is 0 Å². The van der Waals surface area contributed by atoms with Crippen molar-refractivity contribution in [2.75, 3.05) is 5.73 Å². The Morgan fingerprint density at radius 2 is 1.89 bits per heavy atom.